The zero-order valence-electron chi connectivity index (χ0n) is 12.2. The Hall–Kier alpha value is -0.710. The third-order valence-electron chi connectivity index (χ3n) is 4.16. The van der Waals surface area contributed by atoms with E-state index in [0.717, 1.165) is 25.0 Å². The van der Waals surface area contributed by atoms with Crippen LogP contribution in [0, 0.1) is 0 Å². The fourth-order valence-corrected chi connectivity index (χ4v) is 4.41. The van der Waals surface area contributed by atoms with Gasteiger partial charge >= 0.3 is 0 Å². The first-order valence-electron chi connectivity index (χ1n) is 7.15. The van der Waals surface area contributed by atoms with E-state index in [0.29, 0.717) is 5.25 Å². The van der Waals surface area contributed by atoms with Gasteiger partial charge in [-0.15, -0.1) is 0 Å². The summed E-state index contributed by atoms with van der Waals surface area (Å²) in [7, 11) is 0. The second kappa shape index (κ2) is 5.35. The standard InChI is InChI=1S/C14H24N2O2S/c1-5-19-11-8-6-7-10(11)16-9(2)12(17)15-14(3,4)13(16)18/h9-11H,5-8H2,1-4H3,(H,15,17). The van der Waals surface area contributed by atoms with Crippen molar-refractivity contribution in [3.8, 4) is 0 Å². The van der Waals surface area contributed by atoms with Gasteiger partial charge < -0.3 is 10.2 Å². The van der Waals surface area contributed by atoms with Gasteiger partial charge in [0.2, 0.25) is 11.8 Å². The molecule has 0 aromatic carbocycles. The van der Waals surface area contributed by atoms with Crippen LogP contribution in [0.2, 0.25) is 0 Å². The smallest absolute Gasteiger partial charge is 0.248 e. The Bertz CT molecular complexity index is 384. The second-order valence-corrected chi connectivity index (χ2v) is 7.51. The first kappa shape index (κ1) is 14.7. The molecule has 4 nitrogen and oxygen atoms in total. The van der Waals surface area contributed by atoms with E-state index in [9.17, 15) is 9.59 Å². The maximum atomic E-state index is 12.6. The van der Waals surface area contributed by atoms with Crippen LogP contribution in [0.3, 0.4) is 0 Å². The van der Waals surface area contributed by atoms with E-state index >= 15 is 0 Å². The number of carbonyl (C=O) groups excluding carboxylic acids is 2. The van der Waals surface area contributed by atoms with E-state index in [1.165, 1.54) is 0 Å². The molecule has 1 saturated heterocycles. The first-order valence-corrected chi connectivity index (χ1v) is 8.19. The lowest BCUT2D eigenvalue weighted by molar-refractivity contribution is -0.155. The van der Waals surface area contributed by atoms with Crippen LogP contribution in [-0.2, 0) is 9.59 Å². The molecule has 2 amide bonds. The van der Waals surface area contributed by atoms with Crippen LogP contribution >= 0.6 is 11.8 Å². The molecule has 2 aliphatic rings. The lowest BCUT2D eigenvalue weighted by Crippen LogP contribution is -2.69. The third-order valence-corrected chi connectivity index (χ3v) is 5.47. The van der Waals surface area contributed by atoms with E-state index in [1.807, 2.05) is 23.6 Å². The van der Waals surface area contributed by atoms with Crippen LogP contribution in [0.15, 0.2) is 0 Å². The minimum Gasteiger partial charge on any atom is -0.340 e. The van der Waals surface area contributed by atoms with Crippen LogP contribution in [0.5, 0.6) is 0 Å². The van der Waals surface area contributed by atoms with Crippen molar-refractivity contribution in [2.45, 2.75) is 69.8 Å². The van der Waals surface area contributed by atoms with E-state index in [-0.39, 0.29) is 23.9 Å². The molecule has 2 fully saturated rings. The highest BCUT2D eigenvalue weighted by molar-refractivity contribution is 7.99. The zero-order chi connectivity index (χ0) is 14.2. The molecule has 108 valence electrons. The normalized spacial score (nSPS) is 34.5. The van der Waals surface area contributed by atoms with Crippen LogP contribution < -0.4 is 5.32 Å². The minimum atomic E-state index is -0.770. The molecule has 0 aromatic rings. The quantitative estimate of drug-likeness (QED) is 0.859. The lowest BCUT2D eigenvalue weighted by Gasteiger charge is -2.45. The molecule has 19 heavy (non-hydrogen) atoms. The molecule has 5 heteroatoms. The van der Waals surface area contributed by atoms with E-state index in [2.05, 4.69) is 12.2 Å². The van der Waals surface area contributed by atoms with Crippen molar-refractivity contribution in [2.24, 2.45) is 0 Å². The summed E-state index contributed by atoms with van der Waals surface area (Å²) in [4.78, 5) is 26.6. The second-order valence-electron chi connectivity index (χ2n) is 5.99. The number of carbonyl (C=O) groups is 2. The number of hydrogen-bond acceptors (Lipinski definition) is 3. The Kier molecular flexibility index (Phi) is 4.14. The van der Waals surface area contributed by atoms with Gasteiger partial charge in [-0.05, 0) is 39.4 Å². The average Bonchev–Trinajstić information content (AvgIpc) is 2.76. The molecule has 3 unspecified atom stereocenters. The highest BCUT2D eigenvalue weighted by Gasteiger charge is 2.48. The summed E-state index contributed by atoms with van der Waals surface area (Å²) < 4.78 is 0. The number of piperazine rings is 1. The summed E-state index contributed by atoms with van der Waals surface area (Å²) in [5, 5.41) is 3.30. The highest BCUT2D eigenvalue weighted by atomic mass is 32.2. The van der Waals surface area contributed by atoms with Gasteiger partial charge in [-0.25, -0.2) is 0 Å². The largest absolute Gasteiger partial charge is 0.340 e. The Morgan fingerprint density at radius 3 is 2.68 bits per heavy atom. The van der Waals surface area contributed by atoms with Gasteiger partial charge in [-0.3, -0.25) is 9.59 Å². The molecular weight excluding hydrogens is 260 g/mol. The maximum absolute atomic E-state index is 12.6. The van der Waals surface area contributed by atoms with Gasteiger partial charge in [0.05, 0.1) is 0 Å². The molecule has 0 aromatic heterocycles. The molecule has 1 aliphatic carbocycles. The molecule has 1 N–H and O–H groups in total. The van der Waals surface area contributed by atoms with Crippen LogP contribution in [-0.4, -0.2) is 45.3 Å². The molecule has 3 atom stereocenters. The summed E-state index contributed by atoms with van der Waals surface area (Å²) in [5.41, 5.74) is -0.770. The molecule has 0 spiro atoms. The number of hydrogen-bond donors (Lipinski definition) is 1. The number of thioether (sulfide) groups is 1. The number of rotatable bonds is 3. The predicted octanol–water partition coefficient (Wildman–Crippen LogP) is 1.79. The highest BCUT2D eigenvalue weighted by Crippen LogP contribution is 2.36. The summed E-state index contributed by atoms with van der Waals surface area (Å²) in [6.07, 6.45) is 3.33. The average molecular weight is 284 g/mol. The van der Waals surface area contributed by atoms with Gasteiger partial charge in [0, 0.05) is 11.3 Å². The lowest BCUT2D eigenvalue weighted by atomic mass is 9.95. The Morgan fingerprint density at radius 1 is 1.37 bits per heavy atom. The summed E-state index contributed by atoms with van der Waals surface area (Å²) in [6.45, 7) is 7.58. The van der Waals surface area contributed by atoms with Crippen LogP contribution in [0.4, 0.5) is 0 Å². The van der Waals surface area contributed by atoms with Gasteiger partial charge in [0.25, 0.3) is 0 Å². The van der Waals surface area contributed by atoms with Crippen LogP contribution in [0.25, 0.3) is 0 Å². The molecule has 0 bridgehead atoms. The fourth-order valence-electron chi connectivity index (χ4n) is 3.16. The first-order chi connectivity index (χ1) is 8.88. The van der Waals surface area contributed by atoms with Crippen molar-refractivity contribution in [1.82, 2.24) is 10.2 Å². The number of nitrogens with zero attached hydrogens (tertiary/aromatic N) is 1. The Labute approximate surface area is 119 Å². The van der Waals surface area contributed by atoms with Gasteiger partial charge in [0.15, 0.2) is 0 Å². The van der Waals surface area contributed by atoms with Gasteiger partial charge in [-0.1, -0.05) is 13.3 Å². The summed E-state index contributed by atoms with van der Waals surface area (Å²) in [6, 6.07) is -0.124. The molecular formula is C14H24N2O2S. The summed E-state index contributed by atoms with van der Waals surface area (Å²) in [5.74, 6) is 1.10. The molecule has 1 aliphatic heterocycles. The topological polar surface area (TPSA) is 49.4 Å². The predicted molar refractivity (Wildman–Crippen MR) is 78.1 cm³/mol. The maximum Gasteiger partial charge on any atom is 0.248 e. The molecule has 1 heterocycles. The molecule has 2 rings (SSSR count). The van der Waals surface area contributed by atoms with Crippen molar-refractivity contribution in [3.63, 3.8) is 0 Å². The molecule has 0 radical (unpaired) electrons. The van der Waals surface area contributed by atoms with Gasteiger partial charge in [0.1, 0.15) is 11.6 Å². The van der Waals surface area contributed by atoms with Crippen molar-refractivity contribution in [1.29, 1.82) is 0 Å². The fraction of sp³-hybridized carbons (Fsp3) is 0.857. The van der Waals surface area contributed by atoms with Crippen molar-refractivity contribution < 1.29 is 9.59 Å². The number of amides is 2. The third kappa shape index (κ3) is 2.62. The van der Waals surface area contributed by atoms with Gasteiger partial charge in [-0.2, -0.15) is 11.8 Å². The van der Waals surface area contributed by atoms with E-state index in [1.54, 1.807) is 13.8 Å². The Balaban J connectivity index is 2.24. The van der Waals surface area contributed by atoms with E-state index in [4.69, 9.17) is 0 Å². The van der Waals surface area contributed by atoms with E-state index < -0.39 is 5.54 Å². The van der Waals surface area contributed by atoms with Crippen molar-refractivity contribution in [2.75, 3.05) is 5.75 Å². The minimum absolute atomic E-state index is 0.0308. The number of nitrogens with one attached hydrogen (secondary N) is 1. The Morgan fingerprint density at radius 2 is 2.05 bits per heavy atom. The van der Waals surface area contributed by atoms with Crippen molar-refractivity contribution >= 4 is 23.6 Å². The monoisotopic (exact) mass is 284 g/mol. The SMILES string of the molecule is CCSC1CCCC1N1C(=O)C(C)(C)NC(=O)C1C. The molecule has 1 saturated carbocycles. The zero-order valence-corrected chi connectivity index (χ0v) is 13.0. The summed E-state index contributed by atoms with van der Waals surface area (Å²) >= 11 is 1.92. The van der Waals surface area contributed by atoms with Crippen molar-refractivity contribution in [3.05, 3.63) is 0 Å². The van der Waals surface area contributed by atoms with Crippen LogP contribution in [0.1, 0.15) is 47.0 Å².